The lowest BCUT2D eigenvalue weighted by Crippen LogP contribution is -2.19. The number of nitrogens with zero attached hydrogens (tertiary/aromatic N) is 2. The highest BCUT2D eigenvalue weighted by molar-refractivity contribution is 5.77. The average Bonchev–Trinajstić information content (AvgIpc) is 2.79. The van der Waals surface area contributed by atoms with Crippen LogP contribution in [-0.2, 0) is 16.0 Å². The van der Waals surface area contributed by atoms with Crippen LogP contribution in [0.4, 0.5) is 0 Å². The minimum atomic E-state index is -0.132. The van der Waals surface area contributed by atoms with Crippen molar-refractivity contribution < 1.29 is 9.47 Å². The number of benzene rings is 1. The number of aromatic nitrogens is 2. The Morgan fingerprint density at radius 2 is 1.89 bits per heavy atom. The van der Waals surface area contributed by atoms with Crippen molar-refractivity contribution in [3.05, 3.63) is 30.5 Å². The van der Waals surface area contributed by atoms with Gasteiger partial charge in [-0.15, -0.1) is 0 Å². The molecule has 1 heterocycles. The van der Waals surface area contributed by atoms with Crippen molar-refractivity contribution in [3.8, 4) is 0 Å². The van der Waals surface area contributed by atoms with Crippen molar-refractivity contribution in [1.82, 2.24) is 9.78 Å². The van der Waals surface area contributed by atoms with Crippen LogP contribution in [0.3, 0.4) is 0 Å². The summed E-state index contributed by atoms with van der Waals surface area (Å²) >= 11 is 0. The van der Waals surface area contributed by atoms with Crippen LogP contribution in [0.1, 0.15) is 20.3 Å². The third-order valence-corrected chi connectivity index (χ3v) is 2.76. The van der Waals surface area contributed by atoms with Crippen molar-refractivity contribution in [2.45, 2.75) is 33.1 Å². The third-order valence-electron chi connectivity index (χ3n) is 2.76. The second-order valence-corrected chi connectivity index (χ2v) is 4.08. The smallest absolute Gasteiger partial charge is 0.159 e. The zero-order chi connectivity index (χ0) is 12.8. The maximum Gasteiger partial charge on any atom is 0.159 e. The van der Waals surface area contributed by atoms with Gasteiger partial charge in [0.2, 0.25) is 0 Å². The first-order chi connectivity index (χ1) is 8.83. The Morgan fingerprint density at radius 1 is 1.17 bits per heavy atom. The van der Waals surface area contributed by atoms with Crippen LogP contribution >= 0.6 is 0 Å². The second kappa shape index (κ2) is 6.52. The highest BCUT2D eigenvalue weighted by atomic mass is 16.7. The molecule has 0 unspecified atom stereocenters. The molecule has 18 heavy (non-hydrogen) atoms. The highest BCUT2D eigenvalue weighted by Crippen LogP contribution is 2.12. The molecule has 4 nitrogen and oxygen atoms in total. The lowest BCUT2D eigenvalue weighted by molar-refractivity contribution is -0.141. The van der Waals surface area contributed by atoms with E-state index in [1.165, 1.54) is 5.39 Å². The largest absolute Gasteiger partial charge is 0.353 e. The zero-order valence-electron chi connectivity index (χ0n) is 11.0. The molecule has 0 radical (unpaired) electrons. The van der Waals surface area contributed by atoms with E-state index in [0.29, 0.717) is 13.2 Å². The van der Waals surface area contributed by atoms with Gasteiger partial charge in [0.05, 0.1) is 5.52 Å². The molecule has 0 N–H and O–H groups in total. The van der Waals surface area contributed by atoms with Crippen molar-refractivity contribution in [2.24, 2.45) is 0 Å². The summed E-state index contributed by atoms with van der Waals surface area (Å²) in [7, 11) is 0. The van der Waals surface area contributed by atoms with Crippen molar-refractivity contribution in [3.63, 3.8) is 0 Å². The van der Waals surface area contributed by atoms with Crippen LogP contribution in [0.5, 0.6) is 0 Å². The predicted molar refractivity (Wildman–Crippen MR) is 71.4 cm³/mol. The molecule has 0 aliphatic heterocycles. The Morgan fingerprint density at radius 3 is 2.56 bits per heavy atom. The molecule has 1 aromatic heterocycles. The molecular formula is C14H20N2O2. The standard InChI is InChI=1S/C14H20N2O2/c1-3-17-14(18-4-2)9-10-16-11-12-7-5-6-8-13(12)15-16/h5-8,11,14H,3-4,9-10H2,1-2H3. The summed E-state index contributed by atoms with van der Waals surface area (Å²) in [6, 6.07) is 8.12. The molecule has 0 amide bonds. The predicted octanol–water partition coefficient (Wildman–Crippen LogP) is 2.83. The Kier molecular flexibility index (Phi) is 4.73. The van der Waals surface area contributed by atoms with Gasteiger partial charge in [-0.2, -0.15) is 5.10 Å². The van der Waals surface area contributed by atoms with Gasteiger partial charge >= 0.3 is 0 Å². The summed E-state index contributed by atoms with van der Waals surface area (Å²) in [4.78, 5) is 0. The quantitative estimate of drug-likeness (QED) is 0.707. The third kappa shape index (κ3) is 3.31. The molecule has 2 aromatic rings. The summed E-state index contributed by atoms with van der Waals surface area (Å²) in [5, 5.41) is 5.68. The minimum Gasteiger partial charge on any atom is -0.353 e. The molecule has 0 fully saturated rings. The maximum absolute atomic E-state index is 5.51. The number of rotatable bonds is 7. The van der Waals surface area contributed by atoms with Gasteiger partial charge in [0, 0.05) is 37.8 Å². The summed E-state index contributed by atoms with van der Waals surface area (Å²) in [5.74, 6) is 0. The average molecular weight is 248 g/mol. The first kappa shape index (κ1) is 13.1. The second-order valence-electron chi connectivity index (χ2n) is 4.08. The summed E-state index contributed by atoms with van der Waals surface area (Å²) < 4.78 is 13.0. The molecular weight excluding hydrogens is 228 g/mol. The fourth-order valence-corrected chi connectivity index (χ4v) is 1.95. The molecule has 98 valence electrons. The van der Waals surface area contributed by atoms with Crippen LogP contribution < -0.4 is 0 Å². The van der Waals surface area contributed by atoms with Crippen molar-refractivity contribution in [1.29, 1.82) is 0 Å². The molecule has 1 aromatic carbocycles. The van der Waals surface area contributed by atoms with Crippen molar-refractivity contribution in [2.75, 3.05) is 13.2 Å². The topological polar surface area (TPSA) is 36.3 Å². The van der Waals surface area contributed by atoms with Crippen LogP contribution in [0.25, 0.3) is 10.9 Å². The van der Waals surface area contributed by atoms with Gasteiger partial charge in [0.15, 0.2) is 6.29 Å². The van der Waals surface area contributed by atoms with Crippen molar-refractivity contribution >= 4 is 10.9 Å². The van der Waals surface area contributed by atoms with E-state index < -0.39 is 0 Å². The van der Waals surface area contributed by atoms with E-state index in [9.17, 15) is 0 Å². The molecule has 4 heteroatoms. The van der Waals surface area contributed by atoms with Crippen LogP contribution in [0, 0.1) is 0 Å². The molecule has 0 aliphatic carbocycles. The first-order valence-corrected chi connectivity index (χ1v) is 6.49. The monoisotopic (exact) mass is 248 g/mol. The van der Waals surface area contributed by atoms with E-state index in [0.717, 1.165) is 18.5 Å². The van der Waals surface area contributed by atoms with Crippen LogP contribution in [0.15, 0.2) is 30.5 Å². The van der Waals surface area contributed by atoms with E-state index in [4.69, 9.17) is 9.47 Å². The van der Waals surface area contributed by atoms with Gasteiger partial charge in [-0.1, -0.05) is 18.2 Å². The lowest BCUT2D eigenvalue weighted by atomic mass is 10.3. The van der Waals surface area contributed by atoms with Gasteiger partial charge in [-0.05, 0) is 19.9 Å². The number of fused-ring (bicyclic) bond motifs is 1. The summed E-state index contributed by atoms with van der Waals surface area (Å²) in [5.41, 5.74) is 1.03. The van der Waals surface area contributed by atoms with E-state index in [2.05, 4.69) is 17.4 Å². The number of hydrogen-bond acceptors (Lipinski definition) is 3. The first-order valence-electron chi connectivity index (χ1n) is 6.49. The molecule has 0 spiro atoms. The number of ether oxygens (including phenoxy) is 2. The number of aryl methyl sites for hydroxylation is 1. The normalized spacial score (nSPS) is 11.5. The minimum absolute atomic E-state index is 0.132. The highest BCUT2D eigenvalue weighted by Gasteiger charge is 2.08. The Labute approximate surface area is 108 Å². The fourth-order valence-electron chi connectivity index (χ4n) is 1.95. The van der Waals surface area contributed by atoms with E-state index >= 15 is 0 Å². The van der Waals surface area contributed by atoms with Gasteiger partial charge in [-0.25, -0.2) is 0 Å². The van der Waals surface area contributed by atoms with Gasteiger partial charge in [0.25, 0.3) is 0 Å². The van der Waals surface area contributed by atoms with Gasteiger partial charge in [-0.3, -0.25) is 4.68 Å². The summed E-state index contributed by atoms with van der Waals surface area (Å²) in [6.07, 6.45) is 2.74. The molecule has 0 atom stereocenters. The Bertz CT molecular complexity index is 442. The fraction of sp³-hybridized carbons (Fsp3) is 0.500. The SMILES string of the molecule is CCOC(CCn1cc2ccccc2n1)OCC. The molecule has 2 rings (SSSR count). The van der Waals surface area contributed by atoms with Gasteiger partial charge in [0.1, 0.15) is 0 Å². The lowest BCUT2D eigenvalue weighted by Gasteiger charge is -2.16. The molecule has 0 aliphatic rings. The van der Waals surface area contributed by atoms with Crippen LogP contribution in [-0.4, -0.2) is 29.3 Å². The van der Waals surface area contributed by atoms with Gasteiger partial charge < -0.3 is 9.47 Å². The van der Waals surface area contributed by atoms with E-state index in [1.807, 2.05) is 36.7 Å². The zero-order valence-corrected chi connectivity index (χ0v) is 11.0. The van der Waals surface area contributed by atoms with E-state index in [-0.39, 0.29) is 6.29 Å². The number of hydrogen-bond donors (Lipinski definition) is 0. The van der Waals surface area contributed by atoms with E-state index in [1.54, 1.807) is 0 Å². The van der Waals surface area contributed by atoms with Crippen LogP contribution in [0.2, 0.25) is 0 Å². The molecule has 0 bridgehead atoms. The molecule has 0 saturated carbocycles. The maximum atomic E-state index is 5.51. The summed E-state index contributed by atoms with van der Waals surface area (Å²) in [6.45, 7) is 6.11. The Balaban J connectivity index is 1.95. The Hall–Kier alpha value is -1.39. The molecule has 0 saturated heterocycles.